The van der Waals surface area contributed by atoms with E-state index in [9.17, 15) is 0 Å². The zero-order valence-electron chi connectivity index (χ0n) is 12.5. The molecular formula is C17H27N. The summed E-state index contributed by atoms with van der Waals surface area (Å²) in [6.45, 7) is 11.5. The highest BCUT2D eigenvalue weighted by Crippen LogP contribution is 2.33. The van der Waals surface area contributed by atoms with Crippen LogP contribution in [0.3, 0.4) is 0 Å². The fourth-order valence-corrected chi connectivity index (χ4v) is 2.59. The second-order valence-electron chi connectivity index (χ2n) is 5.12. The molecule has 2 atom stereocenters. The third kappa shape index (κ3) is 3.44. The highest BCUT2D eigenvalue weighted by atomic mass is 14.7. The monoisotopic (exact) mass is 245 g/mol. The predicted octanol–water partition coefficient (Wildman–Crippen LogP) is 5.34. The Labute approximate surface area is 112 Å². The van der Waals surface area contributed by atoms with E-state index in [-0.39, 0.29) is 0 Å². The summed E-state index contributed by atoms with van der Waals surface area (Å²) in [7, 11) is 0. The third-order valence-electron chi connectivity index (χ3n) is 3.96. The maximum Gasteiger partial charge on any atom is 0.0661 e. The Morgan fingerprint density at radius 3 is 2.06 bits per heavy atom. The second kappa shape index (κ2) is 7.35. The van der Waals surface area contributed by atoms with Crippen molar-refractivity contribution >= 4 is 5.57 Å². The van der Waals surface area contributed by atoms with Crippen molar-refractivity contribution in [3.63, 3.8) is 0 Å². The van der Waals surface area contributed by atoms with Crippen LogP contribution in [0.25, 0.3) is 5.57 Å². The highest BCUT2D eigenvalue weighted by Gasteiger charge is 2.18. The van der Waals surface area contributed by atoms with Crippen molar-refractivity contribution < 1.29 is 0 Å². The molecule has 0 aliphatic carbocycles. The maximum atomic E-state index is 4.55. The summed E-state index contributed by atoms with van der Waals surface area (Å²) < 4.78 is 0. The van der Waals surface area contributed by atoms with Crippen LogP contribution in [0.1, 0.15) is 59.6 Å². The first-order valence-corrected chi connectivity index (χ1v) is 7.29. The average molecular weight is 245 g/mol. The minimum absolute atomic E-state index is 0.650. The highest BCUT2D eigenvalue weighted by molar-refractivity contribution is 5.66. The van der Waals surface area contributed by atoms with E-state index < -0.39 is 0 Å². The fraction of sp³-hybridized carbons (Fsp3) is 0.588. The molecule has 0 aliphatic rings. The van der Waals surface area contributed by atoms with Gasteiger partial charge in [-0.3, -0.25) is 4.98 Å². The molecule has 1 heteroatoms. The Morgan fingerprint density at radius 1 is 1.06 bits per heavy atom. The lowest BCUT2D eigenvalue weighted by molar-refractivity contribution is 0.530. The number of hydrogen-bond donors (Lipinski definition) is 0. The molecule has 1 rings (SSSR count). The van der Waals surface area contributed by atoms with Gasteiger partial charge >= 0.3 is 0 Å². The van der Waals surface area contributed by atoms with E-state index in [4.69, 9.17) is 0 Å². The Hall–Kier alpha value is -1.11. The third-order valence-corrected chi connectivity index (χ3v) is 3.96. The molecule has 0 saturated heterocycles. The quantitative estimate of drug-likeness (QED) is 0.659. The second-order valence-corrected chi connectivity index (χ2v) is 5.12. The normalized spacial score (nSPS) is 16.1. The molecule has 1 nitrogen and oxygen atoms in total. The number of hydrogen-bond acceptors (Lipinski definition) is 1. The van der Waals surface area contributed by atoms with Crippen LogP contribution in [-0.4, -0.2) is 4.98 Å². The number of rotatable bonds is 6. The van der Waals surface area contributed by atoms with Gasteiger partial charge in [-0.2, -0.15) is 0 Å². The van der Waals surface area contributed by atoms with Crippen LogP contribution in [0.4, 0.5) is 0 Å². The number of aromatic nitrogens is 1. The Morgan fingerprint density at radius 2 is 1.67 bits per heavy atom. The van der Waals surface area contributed by atoms with Gasteiger partial charge in [-0.05, 0) is 48.8 Å². The molecular weight excluding hydrogens is 218 g/mol. The van der Waals surface area contributed by atoms with Crippen molar-refractivity contribution in [1.29, 1.82) is 0 Å². The van der Waals surface area contributed by atoms with Gasteiger partial charge in [0.25, 0.3) is 0 Å². The van der Waals surface area contributed by atoms with Crippen molar-refractivity contribution in [3.8, 4) is 0 Å². The van der Waals surface area contributed by atoms with Crippen LogP contribution in [0.2, 0.25) is 0 Å². The lowest BCUT2D eigenvalue weighted by Crippen LogP contribution is -2.10. The molecule has 0 aliphatic heterocycles. The Bertz CT molecular complexity index is 366. The average Bonchev–Trinajstić information content (AvgIpc) is 2.44. The molecule has 1 aromatic heterocycles. The van der Waals surface area contributed by atoms with Gasteiger partial charge in [-0.25, -0.2) is 0 Å². The minimum Gasteiger partial charge on any atom is -0.257 e. The molecule has 0 saturated carbocycles. The zero-order chi connectivity index (χ0) is 13.5. The van der Waals surface area contributed by atoms with Gasteiger partial charge < -0.3 is 0 Å². The van der Waals surface area contributed by atoms with Crippen molar-refractivity contribution in [1.82, 2.24) is 4.98 Å². The summed E-state index contributed by atoms with van der Waals surface area (Å²) in [6.07, 6.45) is 5.38. The minimum atomic E-state index is 0.650. The van der Waals surface area contributed by atoms with Crippen LogP contribution in [0, 0.1) is 11.8 Å². The van der Waals surface area contributed by atoms with Gasteiger partial charge in [0.15, 0.2) is 0 Å². The van der Waals surface area contributed by atoms with Gasteiger partial charge in [0.1, 0.15) is 0 Å². The van der Waals surface area contributed by atoms with E-state index in [0.29, 0.717) is 11.8 Å². The molecule has 18 heavy (non-hydrogen) atoms. The zero-order valence-corrected chi connectivity index (χ0v) is 12.5. The molecule has 0 fully saturated rings. The van der Waals surface area contributed by atoms with E-state index in [0.717, 1.165) is 12.1 Å². The van der Waals surface area contributed by atoms with Gasteiger partial charge in [0.05, 0.1) is 5.69 Å². The van der Waals surface area contributed by atoms with Crippen molar-refractivity contribution in [3.05, 3.63) is 35.7 Å². The van der Waals surface area contributed by atoms with Gasteiger partial charge in [-0.15, -0.1) is 0 Å². The van der Waals surface area contributed by atoms with Crippen LogP contribution >= 0.6 is 0 Å². The summed E-state index contributed by atoms with van der Waals surface area (Å²) in [5, 5.41) is 0. The molecule has 0 radical (unpaired) electrons. The summed E-state index contributed by atoms with van der Waals surface area (Å²) in [5.74, 6) is 1.30. The van der Waals surface area contributed by atoms with E-state index >= 15 is 0 Å². The largest absolute Gasteiger partial charge is 0.257 e. The van der Waals surface area contributed by atoms with Crippen molar-refractivity contribution in [2.45, 2.75) is 53.9 Å². The molecule has 100 valence electrons. The lowest BCUT2D eigenvalue weighted by Gasteiger charge is -2.24. The van der Waals surface area contributed by atoms with Crippen LogP contribution in [-0.2, 0) is 0 Å². The smallest absolute Gasteiger partial charge is 0.0661 e. The van der Waals surface area contributed by atoms with Crippen molar-refractivity contribution in [2.75, 3.05) is 0 Å². The summed E-state index contributed by atoms with van der Waals surface area (Å²) in [5.41, 5.74) is 4.23. The standard InChI is InChI=1S/C17H27N/c1-6-13(4)17(14(5)7-2)15(8-3)16-11-9-10-12-18-16/h9-14H,6-8H2,1-5H3/b17-15-/t13-,14?/m1/s1. The first-order chi connectivity index (χ1) is 8.65. The first-order valence-electron chi connectivity index (χ1n) is 7.29. The van der Waals surface area contributed by atoms with E-state index in [2.05, 4.69) is 51.7 Å². The Balaban J connectivity index is 3.29. The first kappa shape index (κ1) is 14.9. The summed E-state index contributed by atoms with van der Waals surface area (Å²) >= 11 is 0. The fourth-order valence-electron chi connectivity index (χ4n) is 2.59. The Kier molecular flexibility index (Phi) is 6.11. The topological polar surface area (TPSA) is 12.9 Å². The summed E-state index contributed by atoms with van der Waals surface area (Å²) in [6, 6.07) is 6.22. The van der Waals surface area contributed by atoms with Crippen LogP contribution in [0.5, 0.6) is 0 Å². The number of nitrogens with zero attached hydrogens (tertiary/aromatic N) is 1. The molecule has 0 N–H and O–H groups in total. The van der Waals surface area contributed by atoms with Crippen LogP contribution in [0.15, 0.2) is 30.0 Å². The SMILES string of the molecule is CC/C(=C(/C(C)CC)[C@H](C)CC)c1ccccn1. The van der Waals surface area contributed by atoms with Gasteiger partial charge in [0.2, 0.25) is 0 Å². The molecule has 1 unspecified atom stereocenters. The van der Waals surface area contributed by atoms with Gasteiger partial charge in [-0.1, -0.05) is 46.3 Å². The van der Waals surface area contributed by atoms with E-state index in [1.54, 1.807) is 5.57 Å². The van der Waals surface area contributed by atoms with Crippen LogP contribution < -0.4 is 0 Å². The predicted molar refractivity (Wildman–Crippen MR) is 80.4 cm³/mol. The van der Waals surface area contributed by atoms with E-state index in [1.807, 2.05) is 12.3 Å². The lowest BCUT2D eigenvalue weighted by atomic mass is 9.81. The molecule has 0 aromatic carbocycles. The molecule has 1 heterocycles. The summed E-state index contributed by atoms with van der Waals surface area (Å²) in [4.78, 5) is 4.55. The molecule has 1 aromatic rings. The van der Waals surface area contributed by atoms with E-state index in [1.165, 1.54) is 18.4 Å². The molecule has 0 bridgehead atoms. The molecule has 0 amide bonds. The maximum absolute atomic E-state index is 4.55. The number of allylic oxidation sites excluding steroid dienone is 2. The van der Waals surface area contributed by atoms with Crippen molar-refractivity contribution in [2.24, 2.45) is 11.8 Å². The van der Waals surface area contributed by atoms with Gasteiger partial charge in [0, 0.05) is 6.20 Å². The molecule has 0 spiro atoms. The number of pyridine rings is 1.